The van der Waals surface area contributed by atoms with Gasteiger partial charge in [0.25, 0.3) is 0 Å². The molecule has 0 fully saturated rings. The molecule has 6 heteroatoms. The van der Waals surface area contributed by atoms with E-state index in [1.807, 2.05) is 0 Å². The van der Waals surface area contributed by atoms with E-state index in [0.717, 1.165) is 63.7 Å². The summed E-state index contributed by atoms with van der Waals surface area (Å²) in [6, 6.07) is 0. The van der Waals surface area contributed by atoms with Crippen LogP contribution in [-0.2, 0) is 28.6 Å². The van der Waals surface area contributed by atoms with E-state index in [1.54, 1.807) is 0 Å². The molecule has 58 heavy (non-hydrogen) atoms. The highest BCUT2D eigenvalue weighted by molar-refractivity contribution is 5.71. The van der Waals surface area contributed by atoms with E-state index in [-0.39, 0.29) is 31.1 Å². The fourth-order valence-electron chi connectivity index (χ4n) is 7.83. The van der Waals surface area contributed by atoms with Crippen LogP contribution in [-0.4, -0.2) is 37.2 Å². The van der Waals surface area contributed by atoms with Crippen LogP contribution in [0.2, 0.25) is 0 Å². The Balaban J connectivity index is 4.27. The molecule has 1 unspecified atom stereocenters. The lowest BCUT2D eigenvalue weighted by Crippen LogP contribution is -2.30. The highest BCUT2D eigenvalue weighted by Crippen LogP contribution is 2.18. The Morgan fingerprint density at radius 3 is 0.897 bits per heavy atom. The Kier molecular flexibility index (Phi) is 45.2. The van der Waals surface area contributed by atoms with Gasteiger partial charge in [0.2, 0.25) is 0 Å². The van der Waals surface area contributed by atoms with E-state index < -0.39 is 6.10 Å². The summed E-state index contributed by atoms with van der Waals surface area (Å²) in [5.74, 6) is 0.0222. The Labute approximate surface area is 361 Å². The van der Waals surface area contributed by atoms with Gasteiger partial charge in [0.05, 0.1) is 0 Å². The van der Waals surface area contributed by atoms with Crippen molar-refractivity contribution in [1.29, 1.82) is 0 Å². The molecule has 344 valence electrons. The number of carbonyl (C=O) groups is 3. The molecule has 2 atom stereocenters. The summed E-state index contributed by atoms with van der Waals surface area (Å²) in [6.45, 7) is 9.03. The summed E-state index contributed by atoms with van der Waals surface area (Å²) in [7, 11) is 0. The quantitative estimate of drug-likeness (QED) is 0.0346. The van der Waals surface area contributed by atoms with Gasteiger partial charge in [0.1, 0.15) is 13.2 Å². The van der Waals surface area contributed by atoms with E-state index in [2.05, 4.69) is 27.7 Å². The van der Waals surface area contributed by atoms with Crippen LogP contribution in [0.3, 0.4) is 0 Å². The lowest BCUT2D eigenvalue weighted by Gasteiger charge is -2.18. The molecule has 0 rings (SSSR count). The minimum Gasteiger partial charge on any atom is -0.462 e. The van der Waals surface area contributed by atoms with Crippen LogP contribution in [0.4, 0.5) is 0 Å². The molecule has 0 N–H and O–H groups in total. The summed E-state index contributed by atoms with van der Waals surface area (Å²) in [4.78, 5) is 37.9. The third-order valence-corrected chi connectivity index (χ3v) is 12.2. The van der Waals surface area contributed by atoms with Crippen molar-refractivity contribution in [2.24, 2.45) is 5.92 Å². The van der Waals surface area contributed by atoms with E-state index in [1.165, 1.54) is 186 Å². The predicted molar refractivity (Wildman–Crippen MR) is 247 cm³/mol. The lowest BCUT2D eigenvalue weighted by molar-refractivity contribution is -0.167. The third kappa shape index (κ3) is 44.0. The lowest BCUT2D eigenvalue weighted by atomic mass is 9.99. The summed E-state index contributed by atoms with van der Waals surface area (Å²) in [5, 5.41) is 0. The average molecular weight is 821 g/mol. The fraction of sp³-hybridized carbons (Fsp3) is 0.942. The van der Waals surface area contributed by atoms with Crippen molar-refractivity contribution < 1.29 is 28.6 Å². The van der Waals surface area contributed by atoms with Crippen molar-refractivity contribution in [3.63, 3.8) is 0 Å². The number of rotatable bonds is 47. The van der Waals surface area contributed by atoms with Crippen LogP contribution < -0.4 is 0 Å². The first-order chi connectivity index (χ1) is 28.4. The van der Waals surface area contributed by atoms with Crippen LogP contribution in [0.25, 0.3) is 0 Å². The summed E-state index contributed by atoms with van der Waals surface area (Å²) >= 11 is 0. The standard InChI is InChI=1S/C52H100O6/c1-5-8-10-12-14-16-17-18-19-20-21-22-23-29-33-37-41-45-52(55)58-49(46-56-50(53)43-39-35-31-26-15-13-11-9-6-2)47-57-51(54)44-40-36-32-28-25-24-27-30-34-38-42-48(4)7-3/h48-49H,5-47H2,1-4H3/t48?,49-/m1/s1. The van der Waals surface area contributed by atoms with Gasteiger partial charge >= 0.3 is 17.9 Å². The molecule has 0 bridgehead atoms. The maximum absolute atomic E-state index is 12.8. The van der Waals surface area contributed by atoms with Gasteiger partial charge < -0.3 is 14.2 Å². The van der Waals surface area contributed by atoms with Crippen molar-refractivity contribution in [2.45, 2.75) is 297 Å². The smallest absolute Gasteiger partial charge is 0.306 e. The second kappa shape index (κ2) is 46.5. The molecule has 0 saturated heterocycles. The van der Waals surface area contributed by atoms with Gasteiger partial charge in [0, 0.05) is 19.3 Å². The molecule has 0 spiro atoms. The second-order valence-corrected chi connectivity index (χ2v) is 18.1. The molecule has 0 saturated carbocycles. The molecule has 6 nitrogen and oxygen atoms in total. The van der Waals surface area contributed by atoms with Gasteiger partial charge in [-0.1, -0.05) is 252 Å². The van der Waals surface area contributed by atoms with Crippen LogP contribution in [0.1, 0.15) is 291 Å². The monoisotopic (exact) mass is 821 g/mol. The molecular formula is C52H100O6. The highest BCUT2D eigenvalue weighted by atomic mass is 16.6. The van der Waals surface area contributed by atoms with Crippen molar-refractivity contribution >= 4 is 17.9 Å². The average Bonchev–Trinajstić information content (AvgIpc) is 3.22. The maximum Gasteiger partial charge on any atom is 0.306 e. The van der Waals surface area contributed by atoms with Gasteiger partial charge in [-0.2, -0.15) is 0 Å². The zero-order valence-electron chi connectivity index (χ0n) is 39.5. The Bertz CT molecular complexity index is 874. The number of hydrogen-bond donors (Lipinski definition) is 0. The van der Waals surface area contributed by atoms with E-state index in [9.17, 15) is 14.4 Å². The SMILES string of the molecule is CCCCCCCCCCCCCCCCCCCC(=O)O[C@H](COC(=O)CCCCCCCCCCC)COC(=O)CCCCCCCCCCCCC(C)CC. The molecular weight excluding hydrogens is 721 g/mol. The van der Waals surface area contributed by atoms with Crippen molar-refractivity contribution in [3.8, 4) is 0 Å². The van der Waals surface area contributed by atoms with Crippen LogP contribution in [0.15, 0.2) is 0 Å². The van der Waals surface area contributed by atoms with Gasteiger partial charge in [-0.15, -0.1) is 0 Å². The van der Waals surface area contributed by atoms with Crippen LogP contribution in [0.5, 0.6) is 0 Å². The first-order valence-corrected chi connectivity index (χ1v) is 25.9. The minimum absolute atomic E-state index is 0.0632. The molecule has 0 aromatic heterocycles. The van der Waals surface area contributed by atoms with E-state index in [0.29, 0.717) is 19.3 Å². The highest BCUT2D eigenvalue weighted by Gasteiger charge is 2.19. The van der Waals surface area contributed by atoms with E-state index in [4.69, 9.17) is 14.2 Å². The minimum atomic E-state index is -0.760. The molecule has 0 aliphatic heterocycles. The molecule has 0 aliphatic rings. The first kappa shape index (κ1) is 56.4. The first-order valence-electron chi connectivity index (χ1n) is 25.9. The Morgan fingerprint density at radius 1 is 0.345 bits per heavy atom. The second-order valence-electron chi connectivity index (χ2n) is 18.1. The molecule has 0 heterocycles. The molecule has 0 aromatic rings. The number of ether oxygens (including phenoxy) is 3. The topological polar surface area (TPSA) is 78.9 Å². The zero-order chi connectivity index (χ0) is 42.4. The van der Waals surface area contributed by atoms with Crippen LogP contribution >= 0.6 is 0 Å². The van der Waals surface area contributed by atoms with Crippen molar-refractivity contribution in [3.05, 3.63) is 0 Å². The molecule has 0 aliphatic carbocycles. The normalized spacial score (nSPS) is 12.4. The third-order valence-electron chi connectivity index (χ3n) is 12.2. The predicted octanol–water partition coefficient (Wildman–Crippen LogP) is 16.7. The largest absolute Gasteiger partial charge is 0.462 e. The van der Waals surface area contributed by atoms with Gasteiger partial charge in [0.15, 0.2) is 6.10 Å². The Hall–Kier alpha value is -1.59. The summed E-state index contributed by atoms with van der Waals surface area (Å²) < 4.78 is 16.8. The molecule has 0 radical (unpaired) electrons. The van der Waals surface area contributed by atoms with Crippen LogP contribution in [0, 0.1) is 5.92 Å². The van der Waals surface area contributed by atoms with Gasteiger partial charge in [-0.25, -0.2) is 0 Å². The van der Waals surface area contributed by atoms with Crippen molar-refractivity contribution in [1.82, 2.24) is 0 Å². The Morgan fingerprint density at radius 2 is 0.603 bits per heavy atom. The number of esters is 3. The van der Waals surface area contributed by atoms with Crippen molar-refractivity contribution in [2.75, 3.05) is 13.2 Å². The number of hydrogen-bond acceptors (Lipinski definition) is 6. The summed E-state index contributed by atoms with van der Waals surface area (Å²) in [5.41, 5.74) is 0. The number of unbranched alkanes of at least 4 members (excludes halogenated alkanes) is 33. The number of carbonyl (C=O) groups excluding carboxylic acids is 3. The zero-order valence-corrected chi connectivity index (χ0v) is 39.5. The van der Waals surface area contributed by atoms with E-state index >= 15 is 0 Å². The van der Waals surface area contributed by atoms with Gasteiger partial charge in [-0.05, 0) is 25.2 Å². The fourth-order valence-corrected chi connectivity index (χ4v) is 7.83. The van der Waals surface area contributed by atoms with Gasteiger partial charge in [-0.3, -0.25) is 14.4 Å². The maximum atomic E-state index is 12.8. The molecule has 0 aromatic carbocycles. The molecule has 0 amide bonds. The summed E-state index contributed by atoms with van der Waals surface area (Å²) in [6.07, 6.45) is 48.0.